The zero-order valence-electron chi connectivity index (χ0n) is 11.3. The second kappa shape index (κ2) is 5.65. The molecule has 5 nitrogen and oxygen atoms in total. The molecule has 0 bridgehead atoms. The van der Waals surface area contributed by atoms with Gasteiger partial charge < -0.3 is 14.8 Å². The second-order valence-electron chi connectivity index (χ2n) is 4.67. The van der Waals surface area contributed by atoms with Crippen LogP contribution in [0.1, 0.15) is 18.9 Å². The maximum atomic E-state index is 12.3. The van der Waals surface area contributed by atoms with E-state index in [0.29, 0.717) is 28.9 Å². The van der Waals surface area contributed by atoms with Gasteiger partial charge in [0.1, 0.15) is 5.70 Å². The molecule has 0 radical (unpaired) electrons. The van der Waals surface area contributed by atoms with Gasteiger partial charge in [-0.15, -0.1) is 0 Å². The van der Waals surface area contributed by atoms with E-state index >= 15 is 0 Å². The fourth-order valence-corrected chi connectivity index (χ4v) is 2.92. The molecule has 0 unspecified atom stereocenters. The predicted octanol–water partition coefficient (Wildman–Crippen LogP) is 2.65. The molecular formula is C14H13BrN2O3S. The number of benzene rings is 1. The molecule has 1 aromatic rings. The van der Waals surface area contributed by atoms with E-state index in [0.717, 1.165) is 16.5 Å². The van der Waals surface area contributed by atoms with Gasteiger partial charge in [0.15, 0.2) is 16.6 Å². The van der Waals surface area contributed by atoms with Gasteiger partial charge in [0.05, 0.1) is 0 Å². The van der Waals surface area contributed by atoms with Crippen molar-refractivity contribution in [1.82, 2.24) is 10.2 Å². The van der Waals surface area contributed by atoms with E-state index in [2.05, 4.69) is 21.2 Å². The quantitative estimate of drug-likeness (QED) is 0.656. The molecule has 2 aliphatic rings. The van der Waals surface area contributed by atoms with Crippen LogP contribution in [0.15, 0.2) is 22.3 Å². The minimum Gasteiger partial charge on any atom is -0.454 e. The molecule has 0 saturated carbocycles. The summed E-state index contributed by atoms with van der Waals surface area (Å²) in [5.74, 6) is 1.26. The van der Waals surface area contributed by atoms with E-state index in [1.54, 1.807) is 11.0 Å². The van der Waals surface area contributed by atoms with Crippen LogP contribution in [0.5, 0.6) is 11.5 Å². The van der Waals surface area contributed by atoms with Crippen LogP contribution >= 0.6 is 28.1 Å². The van der Waals surface area contributed by atoms with Crippen molar-refractivity contribution in [1.29, 1.82) is 0 Å². The number of nitrogens with one attached hydrogen (secondary N) is 1. The molecule has 21 heavy (non-hydrogen) atoms. The first-order valence-electron chi connectivity index (χ1n) is 6.54. The molecule has 1 amide bonds. The van der Waals surface area contributed by atoms with Gasteiger partial charge in [-0.05, 0) is 42.4 Å². The van der Waals surface area contributed by atoms with Crippen molar-refractivity contribution in [2.45, 2.75) is 13.3 Å². The van der Waals surface area contributed by atoms with Crippen LogP contribution in [-0.4, -0.2) is 29.3 Å². The van der Waals surface area contributed by atoms with Crippen LogP contribution in [-0.2, 0) is 4.79 Å². The standard InChI is InChI=1S/C14H13BrN2O3S/c1-2-3-17-13(18)10(16-14(17)21)4-8-5-11-12(6-9(8)15)20-7-19-11/h4-6H,2-3,7H2,1H3,(H,16,21)/b10-4-. The van der Waals surface area contributed by atoms with E-state index in [4.69, 9.17) is 21.7 Å². The molecule has 1 saturated heterocycles. The molecule has 3 rings (SSSR count). The highest BCUT2D eigenvalue weighted by atomic mass is 79.9. The largest absolute Gasteiger partial charge is 0.454 e. The van der Waals surface area contributed by atoms with E-state index < -0.39 is 0 Å². The van der Waals surface area contributed by atoms with Crippen LogP contribution < -0.4 is 14.8 Å². The lowest BCUT2D eigenvalue weighted by Gasteiger charge is -2.11. The first kappa shape index (κ1) is 14.3. The Hall–Kier alpha value is -1.60. The fraction of sp³-hybridized carbons (Fsp3) is 0.286. The van der Waals surface area contributed by atoms with Crippen molar-refractivity contribution < 1.29 is 14.3 Å². The summed E-state index contributed by atoms with van der Waals surface area (Å²) < 4.78 is 11.5. The summed E-state index contributed by atoms with van der Waals surface area (Å²) in [6.07, 6.45) is 2.62. The molecule has 1 aromatic carbocycles. The number of nitrogens with zero attached hydrogens (tertiary/aromatic N) is 1. The molecule has 0 aromatic heterocycles. The van der Waals surface area contributed by atoms with E-state index in [-0.39, 0.29) is 12.7 Å². The van der Waals surface area contributed by atoms with Crippen LogP contribution in [0, 0.1) is 0 Å². The third kappa shape index (κ3) is 2.63. The van der Waals surface area contributed by atoms with Crippen molar-refractivity contribution in [2.24, 2.45) is 0 Å². The number of ether oxygens (including phenoxy) is 2. The molecule has 2 aliphatic heterocycles. The average molecular weight is 369 g/mol. The van der Waals surface area contributed by atoms with E-state index in [9.17, 15) is 4.79 Å². The maximum absolute atomic E-state index is 12.3. The Kier molecular flexibility index (Phi) is 3.86. The molecule has 0 spiro atoms. The summed E-state index contributed by atoms with van der Waals surface area (Å²) in [7, 11) is 0. The van der Waals surface area contributed by atoms with Crippen LogP contribution in [0.25, 0.3) is 6.08 Å². The number of rotatable bonds is 3. The topological polar surface area (TPSA) is 50.8 Å². The van der Waals surface area contributed by atoms with Crippen LogP contribution in [0.4, 0.5) is 0 Å². The lowest BCUT2D eigenvalue weighted by atomic mass is 10.1. The molecule has 1 N–H and O–H groups in total. The number of carbonyl (C=O) groups excluding carboxylic acids is 1. The Labute approximate surface area is 136 Å². The number of hydrogen-bond acceptors (Lipinski definition) is 4. The number of amides is 1. The van der Waals surface area contributed by atoms with Crippen molar-refractivity contribution in [3.63, 3.8) is 0 Å². The van der Waals surface area contributed by atoms with Crippen LogP contribution in [0.3, 0.4) is 0 Å². The third-order valence-corrected chi connectivity index (χ3v) is 4.21. The summed E-state index contributed by atoms with van der Waals surface area (Å²) in [4.78, 5) is 13.9. The smallest absolute Gasteiger partial charge is 0.276 e. The normalized spacial score (nSPS) is 18.6. The van der Waals surface area contributed by atoms with Crippen molar-refractivity contribution in [2.75, 3.05) is 13.3 Å². The summed E-state index contributed by atoms with van der Waals surface area (Å²) in [5, 5.41) is 3.41. The van der Waals surface area contributed by atoms with Crippen molar-refractivity contribution in [3.05, 3.63) is 27.9 Å². The molecule has 2 heterocycles. The van der Waals surface area contributed by atoms with Crippen molar-refractivity contribution >= 4 is 45.2 Å². The second-order valence-corrected chi connectivity index (χ2v) is 5.91. The Balaban J connectivity index is 1.92. The van der Waals surface area contributed by atoms with E-state index in [1.165, 1.54) is 0 Å². The summed E-state index contributed by atoms with van der Waals surface area (Å²) >= 11 is 8.66. The van der Waals surface area contributed by atoms with Gasteiger partial charge in [0.2, 0.25) is 6.79 Å². The van der Waals surface area contributed by atoms with Crippen molar-refractivity contribution in [3.8, 4) is 11.5 Å². The zero-order valence-corrected chi connectivity index (χ0v) is 13.7. The molecule has 0 atom stereocenters. The van der Waals surface area contributed by atoms with Gasteiger partial charge in [-0.25, -0.2) is 0 Å². The van der Waals surface area contributed by atoms with E-state index in [1.807, 2.05) is 19.1 Å². The minimum absolute atomic E-state index is 0.105. The summed E-state index contributed by atoms with van der Waals surface area (Å²) in [5.41, 5.74) is 1.30. The zero-order chi connectivity index (χ0) is 15.0. The van der Waals surface area contributed by atoms with Gasteiger partial charge in [-0.1, -0.05) is 22.9 Å². The first-order chi connectivity index (χ1) is 10.1. The molecular weight excluding hydrogens is 356 g/mol. The highest BCUT2D eigenvalue weighted by molar-refractivity contribution is 9.10. The first-order valence-corrected chi connectivity index (χ1v) is 7.74. The number of fused-ring (bicyclic) bond motifs is 1. The van der Waals surface area contributed by atoms with Gasteiger partial charge in [0, 0.05) is 11.0 Å². The Bertz CT molecular complexity index is 660. The molecule has 110 valence electrons. The van der Waals surface area contributed by atoms with Crippen LogP contribution in [0.2, 0.25) is 0 Å². The third-order valence-electron chi connectivity index (χ3n) is 3.20. The Morgan fingerprint density at radius 3 is 2.86 bits per heavy atom. The fourth-order valence-electron chi connectivity index (χ4n) is 2.20. The maximum Gasteiger partial charge on any atom is 0.276 e. The number of hydrogen-bond donors (Lipinski definition) is 1. The lowest BCUT2D eigenvalue weighted by Crippen LogP contribution is -2.31. The molecule has 1 fully saturated rings. The Morgan fingerprint density at radius 1 is 1.43 bits per heavy atom. The lowest BCUT2D eigenvalue weighted by molar-refractivity contribution is -0.122. The molecule has 7 heteroatoms. The van der Waals surface area contributed by atoms with Gasteiger partial charge >= 0.3 is 0 Å². The highest BCUT2D eigenvalue weighted by Gasteiger charge is 2.30. The predicted molar refractivity (Wildman–Crippen MR) is 86.0 cm³/mol. The average Bonchev–Trinajstić information content (AvgIpc) is 2.99. The summed E-state index contributed by atoms with van der Waals surface area (Å²) in [6.45, 7) is 2.84. The summed E-state index contributed by atoms with van der Waals surface area (Å²) in [6, 6.07) is 3.66. The molecule has 0 aliphatic carbocycles. The van der Waals surface area contributed by atoms with Gasteiger partial charge in [-0.3, -0.25) is 9.69 Å². The number of halogens is 1. The highest BCUT2D eigenvalue weighted by Crippen LogP contribution is 2.37. The van der Waals surface area contributed by atoms with Gasteiger partial charge in [0.25, 0.3) is 5.91 Å². The number of carbonyl (C=O) groups is 1. The Morgan fingerprint density at radius 2 is 2.14 bits per heavy atom. The SMILES string of the molecule is CCCN1C(=O)/C(=C/c2cc3c(cc2Br)OCO3)NC1=S. The monoisotopic (exact) mass is 368 g/mol. The van der Waals surface area contributed by atoms with Gasteiger partial charge in [-0.2, -0.15) is 0 Å². The minimum atomic E-state index is -0.105. The number of thiocarbonyl (C=S) groups is 1.